The van der Waals surface area contributed by atoms with Crippen LogP contribution in [-0.2, 0) is 6.42 Å². The summed E-state index contributed by atoms with van der Waals surface area (Å²) in [5.74, 6) is 1.95. The number of hydrogen-bond acceptors (Lipinski definition) is 5. The molecule has 180 valence electrons. The van der Waals surface area contributed by atoms with Crippen molar-refractivity contribution < 1.29 is 4.79 Å². The fraction of sp³-hybridized carbons (Fsp3) is 0.233. The first kappa shape index (κ1) is 22.7. The molecular weight excluding hydrogens is 464 g/mol. The van der Waals surface area contributed by atoms with Gasteiger partial charge in [-0.3, -0.25) is 4.79 Å². The highest BCUT2D eigenvalue weighted by Crippen LogP contribution is 2.35. The van der Waals surface area contributed by atoms with Crippen LogP contribution in [0.5, 0.6) is 0 Å². The molecule has 1 amide bonds. The Morgan fingerprint density at radius 1 is 0.861 bits per heavy atom. The molecule has 0 radical (unpaired) electrons. The first-order valence-corrected chi connectivity index (χ1v) is 13.2. The van der Waals surface area contributed by atoms with E-state index in [0.717, 1.165) is 51.3 Å². The summed E-state index contributed by atoms with van der Waals surface area (Å²) >= 11 is 1.74. The van der Waals surface area contributed by atoms with E-state index in [4.69, 9.17) is 9.97 Å². The molecule has 5 aromatic rings. The molecule has 1 aliphatic rings. The number of carbonyl (C=O) groups is 1. The maximum atomic E-state index is 13.3. The Hall–Kier alpha value is -3.77. The quantitative estimate of drug-likeness (QED) is 0.308. The summed E-state index contributed by atoms with van der Waals surface area (Å²) in [7, 11) is 0. The predicted molar refractivity (Wildman–Crippen MR) is 148 cm³/mol. The van der Waals surface area contributed by atoms with Gasteiger partial charge < -0.3 is 9.80 Å². The molecule has 6 heteroatoms. The second-order valence-corrected chi connectivity index (χ2v) is 10.6. The lowest BCUT2D eigenvalue weighted by atomic mass is 10.1. The molecule has 6 rings (SSSR count). The van der Waals surface area contributed by atoms with E-state index in [9.17, 15) is 4.79 Å². The normalized spacial score (nSPS) is 14.1. The Bertz CT molecular complexity index is 1570. The van der Waals surface area contributed by atoms with E-state index >= 15 is 0 Å². The molecular formula is C30H28N4OS. The number of anilines is 1. The van der Waals surface area contributed by atoms with Crippen molar-refractivity contribution in [3.8, 4) is 0 Å². The van der Waals surface area contributed by atoms with Crippen molar-refractivity contribution in [2.45, 2.75) is 20.3 Å². The first-order chi connectivity index (χ1) is 17.6. The van der Waals surface area contributed by atoms with E-state index in [0.29, 0.717) is 19.5 Å². The van der Waals surface area contributed by atoms with Crippen molar-refractivity contribution in [3.05, 3.63) is 100 Å². The molecule has 2 aromatic heterocycles. The van der Waals surface area contributed by atoms with Gasteiger partial charge in [-0.25, -0.2) is 9.97 Å². The Balaban J connectivity index is 1.25. The van der Waals surface area contributed by atoms with Crippen molar-refractivity contribution in [2.24, 2.45) is 0 Å². The number of benzene rings is 3. The summed E-state index contributed by atoms with van der Waals surface area (Å²) < 4.78 is 0. The van der Waals surface area contributed by atoms with Gasteiger partial charge in [0.05, 0.1) is 5.39 Å². The summed E-state index contributed by atoms with van der Waals surface area (Å²) in [5, 5.41) is 3.41. The number of thiophene rings is 1. The van der Waals surface area contributed by atoms with Gasteiger partial charge in [-0.1, -0.05) is 60.7 Å². The minimum absolute atomic E-state index is 0.0977. The zero-order valence-electron chi connectivity index (χ0n) is 20.6. The monoisotopic (exact) mass is 492 g/mol. The SMILES string of the molecule is Cc1sc2nc(Cc3ccccc3)nc(N3CCN(C(=O)c4ccc5ccccc5c4)CC3)c2c1C. The van der Waals surface area contributed by atoms with Crippen LogP contribution in [0.25, 0.3) is 21.0 Å². The minimum Gasteiger partial charge on any atom is -0.352 e. The topological polar surface area (TPSA) is 49.3 Å². The zero-order chi connectivity index (χ0) is 24.6. The number of carbonyl (C=O) groups excluding carboxylic acids is 1. The second kappa shape index (κ2) is 9.36. The van der Waals surface area contributed by atoms with Gasteiger partial charge in [-0.2, -0.15) is 0 Å². The Kier molecular flexibility index (Phi) is 5.89. The number of piperazine rings is 1. The third-order valence-electron chi connectivity index (χ3n) is 7.12. The standard InChI is InChI=1S/C30H28N4OS/c1-20-21(2)36-29-27(20)28(31-26(32-29)18-22-8-4-3-5-9-22)33-14-16-34(17-15-33)30(35)25-13-12-23-10-6-7-11-24(23)19-25/h3-13,19H,14-18H2,1-2H3. The van der Waals surface area contributed by atoms with Crippen molar-refractivity contribution in [1.82, 2.24) is 14.9 Å². The van der Waals surface area contributed by atoms with Crippen LogP contribution in [0.3, 0.4) is 0 Å². The highest BCUT2D eigenvalue weighted by molar-refractivity contribution is 7.18. The van der Waals surface area contributed by atoms with Crippen LogP contribution in [0.1, 0.15) is 32.2 Å². The van der Waals surface area contributed by atoms with Crippen LogP contribution >= 0.6 is 11.3 Å². The highest BCUT2D eigenvalue weighted by Gasteiger charge is 2.26. The van der Waals surface area contributed by atoms with Gasteiger partial charge in [0.2, 0.25) is 0 Å². The van der Waals surface area contributed by atoms with Crippen molar-refractivity contribution >= 4 is 44.1 Å². The number of fused-ring (bicyclic) bond motifs is 2. The van der Waals surface area contributed by atoms with E-state index in [2.05, 4.69) is 55.1 Å². The fourth-order valence-corrected chi connectivity index (χ4v) is 6.03. The van der Waals surface area contributed by atoms with E-state index in [1.165, 1.54) is 16.0 Å². The van der Waals surface area contributed by atoms with E-state index in [1.54, 1.807) is 11.3 Å². The third-order valence-corrected chi connectivity index (χ3v) is 8.22. The van der Waals surface area contributed by atoms with Gasteiger partial charge in [0.1, 0.15) is 16.5 Å². The Labute approximate surface area is 215 Å². The maximum Gasteiger partial charge on any atom is 0.253 e. The lowest BCUT2D eigenvalue weighted by Crippen LogP contribution is -2.49. The Morgan fingerprint density at radius 2 is 1.58 bits per heavy atom. The number of amides is 1. The molecule has 0 saturated carbocycles. The van der Waals surface area contributed by atoms with E-state index in [1.807, 2.05) is 41.3 Å². The maximum absolute atomic E-state index is 13.3. The molecule has 0 atom stereocenters. The predicted octanol–water partition coefficient (Wildman–Crippen LogP) is 6.01. The molecule has 0 spiro atoms. The molecule has 1 saturated heterocycles. The minimum atomic E-state index is 0.0977. The lowest BCUT2D eigenvalue weighted by Gasteiger charge is -2.36. The van der Waals surface area contributed by atoms with Gasteiger partial charge in [0.15, 0.2) is 0 Å². The van der Waals surface area contributed by atoms with Crippen LogP contribution < -0.4 is 4.90 Å². The summed E-state index contributed by atoms with van der Waals surface area (Å²) in [4.78, 5) is 29.9. The van der Waals surface area contributed by atoms with Gasteiger partial charge >= 0.3 is 0 Å². The third kappa shape index (κ3) is 4.22. The summed E-state index contributed by atoms with van der Waals surface area (Å²) in [6.07, 6.45) is 0.709. The van der Waals surface area contributed by atoms with Crippen LogP contribution in [-0.4, -0.2) is 47.0 Å². The summed E-state index contributed by atoms with van der Waals surface area (Å²) in [6.45, 7) is 7.18. The molecule has 1 fully saturated rings. The number of rotatable bonds is 4. The van der Waals surface area contributed by atoms with Gasteiger partial charge in [0, 0.05) is 43.0 Å². The zero-order valence-corrected chi connectivity index (χ0v) is 21.4. The van der Waals surface area contributed by atoms with E-state index < -0.39 is 0 Å². The molecule has 5 nitrogen and oxygen atoms in total. The summed E-state index contributed by atoms with van der Waals surface area (Å²) in [6, 6.07) is 24.5. The Morgan fingerprint density at radius 3 is 2.36 bits per heavy atom. The lowest BCUT2D eigenvalue weighted by molar-refractivity contribution is 0.0746. The van der Waals surface area contributed by atoms with Crippen molar-refractivity contribution in [2.75, 3.05) is 31.1 Å². The van der Waals surface area contributed by atoms with Crippen molar-refractivity contribution in [3.63, 3.8) is 0 Å². The molecule has 1 aliphatic heterocycles. The first-order valence-electron chi connectivity index (χ1n) is 12.4. The molecule has 3 aromatic carbocycles. The van der Waals surface area contributed by atoms with Crippen molar-refractivity contribution in [1.29, 1.82) is 0 Å². The highest BCUT2D eigenvalue weighted by atomic mass is 32.1. The van der Waals surface area contributed by atoms with Crippen LogP contribution in [0.15, 0.2) is 72.8 Å². The average Bonchev–Trinajstić information content (AvgIpc) is 3.21. The summed E-state index contributed by atoms with van der Waals surface area (Å²) in [5.41, 5.74) is 3.21. The van der Waals surface area contributed by atoms with E-state index in [-0.39, 0.29) is 5.91 Å². The molecule has 0 bridgehead atoms. The number of aromatic nitrogens is 2. The fourth-order valence-electron chi connectivity index (χ4n) is 4.98. The molecule has 0 aliphatic carbocycles. The van der Waals surface area contributed by atoms with Gasteiger partial charge in [-0.05, 0) is 47.9 Å². The van der Waals surface area contributed by atoms with Crippen LogP contribution in [0.2, 0.25) is 0 Å². The molecule has 0 unspecified atom stereocenters. The van der Waals surface area contributed by atoms with Gasteiger partial charge in [-0.15, -0.1) is 11.3 Å². The largest absolute Gasteiger partial charge is 0.352 e. The van der Waals surface area contributed by atoms with Gasteiger partial charge in [0.25, 0.3) is 5.91 Å². The molecule has 0 N–H and O–H groups in total. The number of hydrogen-bond donors (Lipinski definition) is 0. The number of aryl methyl sites for hydroxylation is 2. The molecule has 36 heavy (non-hydrogen) atoms. The average molecular weight is 493 g/mol. The number of nitrogens with zero attached hydrogens (tertiary/aromatic N) is 4. The smallest absolute Gasteiger partial charge is 0.253 e. The van der Waals surface area contributed by atoms with Crippen LogP contribution in [0, 0.1) is 13.8 Å². The second-order valence-electron chi connectivity index (χ2n) is 9.43. The van der Waals surface area contributed by atoms with Crippen LogP contribution in [0.4, 0.5) is 5.82 Å². The molecule has 3 heterocycles.